The minimum atomic E-state index is -1.52. The van der Waals surface area contributed by atoms with E-state index in [2.05, 4.69) is 0 Å². The number of hydrogen-bond acceptors (Lipinski definition) is 0. The van der Waals surface area contributed by atoms with Gasteiger partial charge in [-0.1, -0.05) is 42.5 Å². The van der Waals surface area contributed by atoms with E-state index in [4.69, 9.17) is 0 Å². The molecule has 0 aliphatic carbocycles. The van der Waals surface area contributed by atoms with Crippen LogP contribution in [0.4, 0.5) is 8.78 Å². The molecule has 0 saturated heterocycles. The van der Waals surface area contributed by atoms with Gasteiger partial charge in [-0.05, 0) is 31.0 Å². The van der Waals surface area contributed by atoms with E-state index < -0.39 is 5.67 Å². The third-order valence-electron chi connectivity index (χ3n) is 2.74. The van der Waals surface area contributed by atoms with Crippen LogP contribution in [0.2, 0.25) is 0 Å². The monoisotopic (exact) mass is 232 g/mol. The normalized spacial score (nSPS) is 11.5. The Morgan fingerprint density at radius 2 is 1.59 bits per heavy atom. The third kappa shape index (κ3) is 2.52. The van der Waals surface area contributed by atoms with Gasteiger partial charge in [-0.25, -0.2) is 8.78 Å². The van der Waals surface area contributed by atoms with Crippen LogP contribution in [0.25, 0.3) is 11.1 Å². The molecule has 0 saturated carbocycles. The maximum absolute atomic E-state index is 13.9. The highest BCUT2D eigenvalue weighted by Crippen LogP contribution is 2.29. The van der Waals surface area contributed by atoms with E-state index in [9.17, 15) is 8.78 Å². The van der Waals surface area contributed by atoms with Crippen LogP contribution in [0, 0.1) is 5.82 Å². The van der Waals surface area contributed by atoms with Gasteiger partial charge in [0, 0.05) is 5.56 Å². The van der Waals surface area contributed by atoms with E-state index in [0.29, 0.717) is 11.1 Å². The van der Waals surface area contributed by atoms with E-state index in [-0.39, 0.29) is 5.82 Å². The summed E-state index contributed by atoms with van der Waals surface area (Å²) in [5.74, 6) is -0.389. The molecule has 0 aliphatic heterocycles. The first-order valence-electron chi connectivity index (χ1n) is 5.53. The Labute approximate surface area is 99.9 Å². The summed E-state index contributed by atoms with van der Waals surface area (Å²) in [7, 11) is 0. The molecule has 0 fully saturated rings. The van der Waals surface area contributed by atoms with Crippen LogP contribution in [0.15, 0.2) is 48.5 Å². The Kier molecular flexibility index (Phi) is 2.97. The molecular formula is C15H14F2. The first kappa shape index (κ1) is 11.8. The van der Waals surface area contributed by atoms with E-state index in [1.807, 2.05) is 30.3 Å². The van der Waals surface area contributed by atoms with Crippen LogP contribution in [-0.2, 0) is 5.67 Å². The van der Waals surface area contributed by atoms with Crippen LogP contribution >= 0.6 is 0 Å². The maximum Gasteiger partial charge on any atom is 0.131 e. The van der Waals surface area contributed by atoms with Crippen LogP contribution in [-0.4, -0.2) is 0 Å². The number of alkyl halides is 1. The zero-order valence-electron chi connectivity index (χ0n) is 9.87. The van der Waals surface area contributed by atoms with Gasteiger partial charge in [0.2, 0.25) is 0 Å². The van der Waals surface area contributed by atoms with Crippen molar-refractivity contribution in [3.8, 4) is 11.1 Å². The van der Waals surface area contributed by atoms with Gasteiger partial charge in [0.15, 0.2) is 0 Å². The topological polar surface area (TPSA) is 0 Å². The van der Waals surface area contributed by atoms with Crippen molar-refractivity contribution in [1.82, 2.24) is 0 Å². The van der Waals surface area contributed by atoms with E-state index in [1.165, 1.54) is 19.9 Å². The summed E-state index contributed by atoms with van der Waals surface area (Å²) in [5, 5.41) is 0. The molecule has 0 atom stereocenters. The molecule has 0 spiro atoms. The second-order valence-corrected chi connectivity index (χ2v) is 4.53. The predicted molar refractivity (Wildman–Crippen MR) is 66.0 cm³/mol. The van der Waals surface area contributed by atoms with Gasteiger partial charge in [0.05, 0.1) is 0 Å². The fraction of sp³-hybridized carbons (Fsp3) is 0.200. The highest BCUT2D eigenvalue weighted by molar-refractivity contribution is 5.64. The minimum absolute atomic E-state index is 0.356. The summed E-state index contributed by atoms with van der Waals surface area (Å²) in [4.78, 5) is 0. The molecule has 0 amide bonds. The zero-order chi connectivity index (χ0) is 12.5. The second kappa shape index (κ2) is 4.28. The summed E-state index contributed by atoms with van der Waals surface area (Å²) in [6.45, 7) is 2.84. The van der Waals surface area contributed by atoms with Crippen molar-refractivity contribution < 1.29 is 8.78 Å². The Hall–Kier alpha value is -1.70. The van der Waals surface area contributed by atoms with Crippen molar-refractivity contribution in [3.05, 3.63) is 59.9 Å². The van der Waals surface area contributed by atoms with Crippen LogP contribution in [0.3, 0.4) is 0 Å². The lowest BCUT2D eigenvalue weighted by molar-refractivity contribution is 0.221. The fourth-order valence-electron chi connectivity index (χ4n) is 1.74. The van der Waals surface area contributed by atoms with E-state index in [1.54, 1.807) is 12.1 Å². The highest BCUT2D eigenvalue weighted by atomic mass is 19.1. The number of rotatable bonds is 2. The quantitative estimate of drug-likeness (QED) is 0.704. The van der Waals surface area contributed by atoms with Crippen molar-refractivity contribution >= 4 is 0 Å². The van der Waals surface area contributed by atoms with E-state index in [0.717, 1.165) is 5.56 Å². The molecule has 0 heterocycles. The number of hydrogen-bond donors (Lipinski definition) is 0. The maximum atomic E-state index is 13.9. The van der Waals surface area contributed by atoms with Crippen molar-refractivity contribution in [2.75, 3.05) is 0 Å². The molecule has 0 unspecified atom stereocenters. The van der Waals surface area contributed by atoms with Crippen LogP contribution < -0.4 is 0 Å². The highest BCUT2D eigenvalue weighted by Gasteiger charge is 2.20. The molecule has 88 valence electrons. The minimum Gasteiger partial charge on any atom is -0.239 e. The van der Waals surface area contributed by atoms with Gasteiger partial charge in [-0.2, -0.15) is 0 Å². The van der Waals surface area contributed by atoms with Gasteiger partial charge >= 0.3 is 0 Å². The molecule has 0 radical (unpaired) electrons. The predicted octanol–water partition coefficient (Wildman–Crippen LogP) is 4.70. The van der Waals surface area contributed by atoms with E-state index >= 15 is 0 Å². The van der Waals surface area contributed by atoms with Gasteiger partial charge in [0.25, 0.3) is 0 Å². The molecule has 0 N–H and O–H groups in total. The summed E-state index contributed by atoms with van der Waals surface area (Å²) in [6, 6.07) is 13.8. The molecule has 0 aromatic heterocycles. The average molecular weight is 232 g/mol. The number of benzene rings is 2. The van der Waals surface area contributed by atoms with Crippen molar-refractivity contribution in [2.45, 2.75) is 19.5 Å². The van der Waals surface area contributed by atoms with Crippen molar-refractivity contribution in [1.29, 1.82) is 0 Å². The number of halogens is 2. The molecule has 17 heavy (non-hydrogen) atoms. The van der Waals surface area contributed by atoms with Gasteiger partial charge in [-0.3, -0.25) is 0 Å². The lowest BCUT2D eigenvalue weighted by Crippen LogP contribution is -2.09. The molecule has 2 aromatic rings. The molecule has 0 nitrogen and oxygen atoms in total. The largest absolute Gasteiger partial charge is 0.239 e. The Morgan fingerprint density at radius 3 is 2.12 bits per heavy atom. The van der Waals surface area contributed by atoms with Crippen LogP contribution in [0.5, 0.6) is 0 Å². The second-order valence-electron chi connectivity index (χ2n) is 4.53. The molecular weight excluding hydrogens is 218 g/mol. The molecule has 2 rings (SSSR count). The fourth-order valence-corrected chi connectivity index (χ4v) is 1.74. The van der Waals surface area contributed by atoms with Crippen LogP contribution in [0.1, 0.15) is 19.4 Å². The Morgan fingerprint density at radius 1 is 0.941 bits per heavy atom. The average Bonchev–Trinajstić information content (AvgIpc) is 2.29. The van der Waals surface area contributed by atoms with Gasteiger partial charge in [-0.15, -0.1) is 0 Å². The summed E-state index contributed by atoms with van der Waals surface area (Å²) in [6.07, 6.45) is 0. The Balaban J connectivity index is 2.46. The SMILES string of the molecule is CC(C)(F)c1ccc(-c2ccccc2)c(F)c1. The molecule has 2 heteroatoms. The first-order chi connectivity index (χ1) is 7.98. The third-order valence-corrected chi connectivity index (χ3v) is 2.74. The van der Waals surface area contributed by atoms with Gasteiger partial charge in [0.1, 0.15) is 11.5 Å². The van der Waals surface area contributed by atoms with Crippen molar-refractivity contribution in [2.24, 2.45) is 0 Å². The first-order valence-corrected chi connectivity index (χ1v) is 5.53. The standard InChI is InChI=1S/C15H14F2/c1-15(2,17)12-8-9-13(14(16)10-12)11-6-4-3-5-7-11/h3-10H,1-2H3. The lowest BCUT2D eigenvalue weighted by atomic mass is 9.96. The lowest BCUT2D eigenvalue weighted by Gasteiger charge is -2.15. The summed E-state index contributed by atoms with van der Waals surface area (Å²) < 4.78 is 27.6. The summed E-state index contributed by atoms with van der Waals surface area (Å²) in [5.41, 5.74) is 0.136. The molecule has 0 bridgehead atoms. The smallest absolute Gasteiger partial charge is 0.131 e. The van der Waals surface area contributed by atoms with Gasteiger partial charge < -0.3 is 0 Å². The molecule has 0 aliphatic rings. The molecule has 2 aromatic carbocycles. The van der Waals surface area contributed by atoms with Crippen molar-refractivity contribution in [3.63, 3.8) is 0 Å². The Bertz CT molecular complexity index is 510. The zero-order valence-corrected chi connectivity index (χ0v) is 9.87. The summed E-state index contributed by atoms with van der Waals surface area (Å²) >= 11 is 0.